The molecule has 1 atom stereocenters. The Labute approximate surface area is 264 Å². The zero-order chi connectivity index (χ0) is 31.0. The van der Waals surface area contributed by atoms with Crippen LogP contribution in [0.4, 0.5) is 5.69 Å². The van der Waals surface area contributed by atoms with Crippen molar-refractivity contribution in [2.45, 2.75) is 69.5 Å². The van der Waals surface area contributed by atoms with Gasteiger partial charge in [0.25, 0.3) is 10.0 Å². The molecule has 0 aliphatic heterocycles. The maximum atomic E-state index is 14.1. The number of ether oxygens (including phenoxy) is 1. The Balaban J connectivity index is 1.68. The van der Waals surface area contributed by atoms with Gasteiger partial charge < -0.3 is 15.0 Å². The van der Waals surface area contributed by atoms with Crippen LogP contribution < -0.4 is 14.4 Å². The van der Waals surface area contributed by atoms with Crippen molar-refractivity contribution < 1.29 is 22.7 Å². The Hall–Kier alpha value is -3.27. The monoisotopic (exact) mass is 645 g/mol. The summed E-state index contributed by atoms with van der Waals surface area (Å²) >= 11 is 12.5. The number of hydrogen-bond acceptors (Lipinski definition) is 5. The second-order valence-electron chi connectivity index (χ2n) is 10.5. The van der Waals surface area contributed by atoms with Crippen molar-refractivity contribution in [2.75, 3.05) is 17.5 Å². The zero-order valence-electron chi connectivity index (χ0n) is 24.3. The molecule has 4 rings (SSSR count). The molecule has 0 radical (unpaired) electrons. The van der Waals surface area contributed by atoms with E-state index in [0.29, 0.717) is 28.0 Å². The first-order valence-electron chi connectivity index (χ1n) is 14.4. The molecule has 1 aliphatic carbocycles. The number of carbonyl (C=O) groups excluding carboxylic acids is 2. The molecule has 230 valence electrons. The molecule has 1 aliphatic rings. The van der Waals surface area contributed by atoms with Gasteiger partial charge in [-0.05, 0) is 86.8 Å². The Kier molecular flexibility index (Phi) is 11.3. The van der Waals surface area contributed by atoms with Gasteiger partial charge in [-0.2, -0.15) is 0 Å². The summed E-state index contributed by atoms with van der Waals surface area (Å²) in [4.78, 5) is 28.9. The van der Waals surface area contributed by atoms with E-state index in [4.69, 9.17) is 27.9 Å². The number of sulfonamides is 1. The number of anilines is 1. The Morgan fingerprint density at radius 3 is 2.23 bits per heavy atom. The van der Waals surface area contributed by atoms with Crippen LogP contribution in [0.1, 0.15) is 51.5 Å². The Morgan fingerprint density at radius 1 is 0.953 bits per heavy atom. The first-order chi connectivity index (χ1) is 20.6. The highest BCUT2D eigenvalue weighted by molar-refractivity contribution is 7.92. The molecule has 3 aromatic carbocycles. The second-order valence-corrected chi connectivity index (χ2v) is 13.2. The van der Waals surface area contributed by atoms with Gasteiger partial charge in [0.2, 0.25) is 11.8 Å². The highest BCUT2D eigenvalue weighted by atomic mass is 35.5. The van der Waals surface area contributed by atoms with Crippen molar-refractivity contribution in [3.8, 4) is 5.75 Å². The predicted octanol–water partition coefficient (Wildman–Crippen LogP) is 6.45. The first-order valence-corrected chi connectivity index (χ1v) is 16.6. The van der Waals surface area contributed by atoms with Crippen LogP contribution in [-0.4, -0.2) is 50.4 Å². The van der Waals surface area contributed by atoms with Gasteiger partial charge in [0.1, 0.15) is 18.3 Å². The minimum Gasteiger partial charge on any atom is -0.494 e. The zero-order valence-corrected chi connectivity index (χ0v) is 26.7. The molecule has 43 heavy (non-hydrogen) atoms. The maximum absolute atomic E-state index is 14.1. The molecule has 1 fully saturated rings. The topological polar surface area (TPSA) is 96.0 Å². The van der Waals surface area contributed by atoms with Gasteiger partial charge in [0, 0.05) is 22.6 Å². The van der Waals surface area contributed by atoms with Crippen molar-refractivity contribution in [1.29, 1.82) is 0 Å². The molecule has 1 saturated carbocycles. The fraction of sp³-hybridized carbons (Fsp3) is 0.375. The summed E-state index contributed by atoms with van der Waals surface area (Å²) in [5.74, 6) is -0.284. The molecule has 8 nitrogen and oxygen atoms in total. The average molecular weight is 647 g/mol. The van der Waals surface area contributed by atoms with Crippen molar-refractivity contribution >= 4 is 50.7 Å². The molecule has 2 amide bonds. The van der Waals surface area contributed by atoms with Crippen LogP contribution in [-0.2, 0) is 26.2 Å². The van der Waals surface area contributed by atoms with Gasteiger partial charge in [-0.1, -0.05) is 60.7 Å². The van der Waals surface area contributed by atoms with Gasteiger partial charge in [0.05, 0.1) is 17.2 Å². The largest absolute Gasteiger partial charge is 0.494 e. The fourth-order valence-corrected chi connectivity index (χ4v) is 6.83. The summed E-state index contributed by atoms with van der Waals surface area (Å²) < 4.78 is 34.5. The minimum absolute atomic E-state index is 0.0237. The van der Waals surface area contributed by atoms with Crippen LogP contribution in [0.15, 0.2) is 77.7 Å². The van der Waals surface area contributed by atoms with Crippen molar-refractivity contribution in [3.63, 3.8) is 0 Å². The average Bonchev–Trinajstić information content (AvgIpc) is 3.00. The number of nitrogens with one attached hydrogen (secondary N) is 1. The normalized spacial score (nSPS) is 14.5. The molecule has 0 heterocycles. The van der Waals surface area contributed by atoms with Crippen LogP contribution in [0, 0.1) is 0 Å². The number of nitrogens with zero attached hydrogens (tertiary/aromatic N) is 2. The summed E-state index contributed by atoms with van der Waals surface area (Å²) in [6.07, 6.45) is 5.01. The van der Waals surface area contributed by atoms with Crippen molar-refractivity contribution in [1.82, 2.24) is 10.2 Å². The maximum Gasteiger partial charge on any atom is 0.264 e. The summed E-state index contributed by atoms with van der Waals surface area (Å²) in [6, 6.07) is 18.5. The molecular formula is C32H37Cl2N3O5S. The summed E-state index contributed by atoms with van der Waals surface area (Å²) in [5, 5.41) is 3.92. The van der Waals surface area contributed by atoms with E-state index in [9.17, 15) is 18.0 Å². The summed E-state index contributed by atoms with van der Waals surface area (Å²) in [7, 11) is -4.21. The van der Waals surface area contributed by atoms with Crippen LogP contribution in [0.3, 0.4) is 0 Å². The molecular weight excluding hydrogens is 609 g/mol. The number of halogens is 2. The van der Waals surface area contributed by atoms with Gasteiger partial charge in [0.15, 0.2) is 0 Å². The van der Waals surface area contributed by atoms with E-state index >= 15 is 0 Å². The molecule has 0 bridgehead atoms. The highest BCUT2D eigenvalue weighted by Crippen LogP contribution is 2.28. The molecule has 0 aromatic heterocycles. The van der Waals surface area contributed by atoms with E-state index in [-0.39, 0.29) is 29.1 Å². The molecule has 0 unspecified atom stereocenters. The second kappa shape index (κ2) is 14.9. The first kappa shape index (κ1) is 32.6. The number of amides is 2. The van der Waals surface area contributed by atoms with E-state index < -0.39 is 28.5 Å². The highest BCUT2D eigenvalue weighted by Gasteiger charge is 2.33. The number of rotatable bonds is 12. The molecule has 11 heteroatoms. The van der Waals surface area contributed by atoms with E-state index in [0.717, 1.165) is 36.4 Å². The van der Waals surface area contributed by atoms with E-state index in [1.807, 2.05) is 6.92 Å². The van der Waals surface area contributed by atoms with Crippen molar-refractivity contribution in [3.05, 3.63) is 88.4 Å². The van der Waals surface area contributed by atoms with Crippen LogP contribution in [0.25, 0.3) is 0 Å². The molecule has 0 saturated heterocycles. The third-order valence-electron chi connectivity index (χ3n) is 7.53. The van der Waals surface area contributed by atoms with E-state index in [1.54, 1.807) is 55.5 Å². The van der Waals surface area contributed by atoms with Crippen LogP contribution in [0.5, 0.6) is 5.75 Å². The minimum atomic E-state index is -4.21. The van der Waals surface area contributed by atoms with E-state index in [1.165, 1.54) is 29.2 Å². The quantitative estimate of drug-likeness (QED) is 0.244. The standard InChI is InChI=1S/C32H37Cl2N3O5S/c1-3-42-28-17-15-27(16-18-28)37(43(40,41)29-19-13-25(33)14-20-29)22-31(38)36(21-24-9-7-8-12-30(24)34)23(2)32(39)35-26-10-5-4-6-11-26/h7-9,12-20,23,26H,3-6,10-11,21-22H2,1-2H3,(H,35,39)/t23-/m0/s1. The Morgan fingerprint density at radius 2 is 1.60 bits per heavy atom. The fourth-order valence-electron chi connectivity index (χ4n) is 5.10. The van der Waals surface area contributed by atoms with Gasteiger partial charge in [-0.15, -0.1) is 0 Å². The lowest BCUT2D eigenvalue weighted by Gasteiger charge is -2.33. The number of hydrogen-bond donors (Lipinski definition) is 1. The van der Waals surface area contributed by atoms with Crippen LogP contribution >= 0.6 is 23.2 Å². The lowest BCUT2D eigenvalue weighted by atomic mass is 9.95. The molecule has 1 N–H and O–H groups in total. The summed E-state index contributed by atoms with van der Waals surface area (Å²) in [5.41, 5.74) is 0.909. The molecule has 3 aromatic rings. The van der Waals surface area contributed by atoms with Gasteiger partial charge >= 0.3 is 0 Å². The lowest BCUT2D eigenvalue weighted by Crippen LogP contribution is -2.53. The third-order valence-corrected chi connectivity index (χ3v) is 9.94. The van der Waals surface area contributed by atoms with Crippen molar-refractivity contribution in [2.24, 2.45) is 0 Å². The lowest BCUT2D eigenvalue weighted by molar-refractivity contribution is -0.139. The van der Waals surface area contributed by atoms with E-state index in [2.05, 4.69) is 5.32 Å². The predicted molar refractivity (Wildman–Crippen MR) is 170 cm³/mol. The van der Waals surface area contributed by atoms with Gasteiger partial charge in [-0.25, -0.2) is 8.42 Å². The Bertz CT molecular complexity index is 1490. The SMILES string of the molecule is CCOc1ccc(N(CC(=O)N(Cc2ccccc2Cl)[C@@H](C)C(=O)NC2CCCCC2)S(=O)(=O)c2ccc(Cl)cc2)cc1. The summed E-state index contributed by atoms with van der Waals surface area (Å²) in [6.45, 7) is 3.42. The third kappa shape index (κ3) is 8.43. The van der Waals surface area contributed by atoms with Gasteiger partial charge in [-0.3, -0.25) is 13.9 Å². The van der Waals surface area contributed by atoms with Crippen LogP contribution in [0.2, 0.25) is 10.0 Å². The smallest absolute Gasteiger partial charge is 0.264 e. The number of benzene rings is 3. The number of carbonyl (C=O) groups is 2. The molecule has 0 spiro atoms.